The van der Waals surface area contributed by atoms with E-state index in [-0.39, 0.29) is 24.1 Å². The lowest BCUT2D eigenvalue weighted by atomic mass is 9.85. The first-order valence-corrected chi connectivity index (χ1v) is 16.3. The van der Waals surface area contributed by atoms with E-state index >= 15 is 0 Å². The van der Waals surface area contributed by atoms with Crippen LogP contribution in [0.15, 0.2) is 36.9 Å². The lowest BCUT2D eigenvalue weighted by Gasteiger charge is -2.36. The average molecular weight is 590 g/mol. The molecule has 1 heterocycles. The quantitative estimate of drug-likeness (QED) is 0.269. The van der Waals surface area contributed by atoms with Crippen LogP contribution in [0.1, 0.15) is 71.3 Å². The number of carbonyl (C=O) groups excluding carboxylic acids is 3. The second-order valence-electron chi connectivity index (χ2n) is 12.6. The number of alkyl carbamates (subject to hydrolysis) is 1. The summed E-state index contributed by atoms with van der Waals surface area (Å²) in [5.41, 5.74) is -0.0155. The molecule has 1 unspecified atom stereocenters. The van der Waals surface area contributed by atoms with Gasteiger partial charge in [0.05, 0.1) is 13.3 Å². The Hall–Kier alpha value is -2.84. The van der Waals surface area contributed by atoms with Gasteiger partial charge in [-0.25, -0.2) is 4.79 Å². The number of benzene rings is 1. The number of nitrogens with one attached hydrogen (secondary N) is 2. The van der Waals surface area contributed by atoms with E-state index in [0.29, 0.717) is 37.1 Å². The second-order valence-corrected chi connectivity index (χ2v) is 15.1. The van der Waals surface area contributed by atoms with E-state index in [1.165, 1.54) is 12.0 Å². The van der Waals surface area contributed by atoms with Gasteiger partial charge in [0, 0.05) is 12.5 Å². The van der Waals surface area contributed by atoms with Crippen molar-refractivity contribution >= 4 is 25.3 Å². The number of rotatable bonds is 10. The molecule has 41 heavy (non-hydrogen) atoms. The fourth-order valence-corrected chi connectivity index (χ4v) is 8.43. The van der Waals surface area contributed by atoms with Crippen molar-refractivity contribution in [2.24, 2.45) is 11.3 Å². The molecule has 3 N–H and O–H groups in total. The Morgan fingerprint density at radius 3 is 2.54 bits per heavy atom. The molecule has 1 saturated heterocycles. The third-order valence-corrected chi connectivity index (χ3v) is 11.2. The Bertz CT molecular complexity index is 1210. The van der Waals surface area contributed by atoms with Crippen LogP contribution in [0.25, 0.3) is 0 Å². The van der Waals surface area contributed by atoms with Crippen LogP contribution in [0.2, 0.25) is 0 Å². The van der Waals surface area contributed by atoms with Crippen LogP contribution < -0.4 is 15.4 Å². The third kappa shape index (κ3) is 6.81. The monoisotopic (exact) mass is 589 g/mol. The van der Waals surface area contributed by atoms with E-state index in [9.17, 15) is 23.8 Å². The molecule has 0 bridgehead atoms. The second kappa shape index (κ2) is 12.2. The topological polar surface area (TPSA) is 134 Å². The Morgan fingerprint density at radius 1 is 1.22 bits per heavy atom. The van der Waals surface area contributed by atoms with Gasteiger partial charge in [-0.15, -0.1) is 6.58 Å². The minimum absolute atomic E-state index is 0.138. The van der Waals surface area contributed by atoms with Crippen molar-refractivity contribution in [3.05, 3.63) is 42.5 Å². The first kappa shape index (κ1) is 31.1. The number of amides is 3. The maximum Gasteiger partial charge on any atom is 0.408 e. The largest absolute Gasteiger partial charge is 0.497 e. The summed E-state index contributed by atoms with van der Waals surface area (Å²) in [5.74, 6) is -0.632. The standard InChI is InChI=1S/C30H44N3O7P/c1-6-21-18-30(21,41(37,38)19-20-11-9-14-23(17-20)39-5)32-26(34)24-15-10-16-33(24)27(35)25(29(2,3)4)31-28(36)40-22-12-7-8-13-22/h6,9,11,14,17,21-22,24-25H,1,7-8,10,12-13,15-16,18-19H2,2-5H3,(H,31,36)(H,32,34)(H,37,38)/t21-,24+,25-,30+/m1/s1. The summed E-state index contributed by atoms with van der Waals surface area (Å²) in [6.45, 7) is 9.71. The fraction of sp³-hybridized carbons (Fsp3) is 0.633. The van der Waals surface area contributed by atoms with E-state index in [4.69, 9.17) is 9.47 Å². The maximum absolute atomic E-state index is 13.8. The van der Waals surface area contributed by atoms with Gasteiger partial charge in [-0.1, -0.05) is 39.0 Å². The number of carbonyl (C=O) groups is 3. The minimum atomic E-state index is -3.96. The van der Waals surface area contributed by atoms with Gasteiger partial charge in [0.1, 0.15) is 29.2 Å². The molecule has 1 aromatic rings. The van der Waals surface area contributed by atoms with Crippen LogP contribution in [0.3, 0.4) is 0 Å². The number of hydrogen-bond donors (Lipinski definition) is 3. The zero-order chi connectivity index (χ0) is 30.0. The molecule has 2 aliphatic carbocycles. The van der Waals surface area contributed by atoms with Gasteiger partial charge in [0.15, 0.2) is 0 Å². The molecular weight excluding hydrogens is 545 g/mol. The highest BCUT2D eigenvalue weighted by Gasteiger charge is 2.65. The summed E-state index contributed by atoms with van der Waals surface area (Å²) in [6.07, 6.45) is 5.66. The summed E-state index contributed by atoms with van der Waals surface area (Å²) in [7, 11) is -2.43. The lowest BCUT2D eigenvalue weighted by molar-refractivity contribution is -0.142. The highest BCUT2D eigenvalue weighted by molar-refractivity contribution is 7.59. The van der Waals surface area contributed by atoms with Gasteiger partial charge in [-0.05, 0) is 68.1 Å². The molecule has 3 aliphatic rings. The first-order chi connectivity index (χ1) is 19.3. The minimum Gasteiger partial charge on any atom is -0.497 e. The normalized spacial score (nSPS) is 26.5. The highest BCUT2D eigenvalue weighted by atomic mass is 31.2. The average Bonchev–Trinajstić information content (AvgIpc) is 3.24. The Morgan fingerprint density at radius 2 is 1.93 bits per heavy atom. The molecule has 10 nitrogen and oxygen atoms in total. The molecule has 3 fully saturated rings. The van der Waals surface area contributed by atoms with Crippen molar-refractivity contribution < 1.29 is 33.3 Å². The van der Waals surface area contributed by atoms with Crippen molar-refractivity contribution in [2.45, 2.75) is 95.3 Å². The number of methoxy groups -OCH3 is 1. The highest BCUT2D eigenvalue weighted by Crippen LogP contribution is 2.70. The van der Waals surface area contributed by atoms with E-state index in [1.807, 2.05) is 20.8 Å². The van der Waals surface area contributed by atoms with Gasteiger partial charge in [-0.2, -0.15) is 0 Å². The molecule has 2 saturated carbocycles. The lowest BCUT2D eigenvalue weighted by Crippen LogP contribution is -2.58. The van der Waals surface area contributed by atoms with Gasteiger partial charge in [-0.3, -0.25) is 14.2 Å². The first-order valence-electron chi connectivity index (χ1n) is 14.5. The molecule has 1 aliphatic heterocycles. The van der Waals surface area contributed by atoms with Gasteiger partial charge >= 0.3 is 6.09 Å². The van der Waals surface area contributed by atoms with Crippen LogP contribution in [0.5, 0.6) is 5.75 Å². The van der Waals surface area contributed by atoms with Gasteiger partial charge in [0.2, 0.25) is 19.2 Å². The Labute approximate surface area is 242 Å². The maximum atomic E-state index is 13.8. The molecule has 226 valence electrons. The van der Waals surface area contributed by atoms with Gasteiger partial charge < -0.3 is 29.9 Å². The summed E-state index contributed by atoms with van der Waals surface area (Å²) >= 11 is 0. The van der Waals surface area contributed by atoms with Crippen LogP contribution in [-0.2, 0) is 25.1 Å². The predicted molar refractivity (Wildman–Crippen MR) is 156 cm³/mol. The predicted octanol–water partition coefficient (Wildman–Crippen LogP) is 4.56. The number of ether oxygens (including phenoxy) is 2. The molecule has 5 atom stereocenters. The van der Waals surface area contributed by atoms with E-state index in [0.717, 1.165) is 25.7 Å². The Balaban J connectivity index is 1.48. The van der Waals surface area contributed by atoms with E-state index in [2.05, 4.69) is 17.2 Å². The van der Waals surface area contributed by atoms with Crippen LogP contribution in [-0.4, -0.2) is 64.8 Å². The van der Waals surface area contributed by atoms with Crippen LogP contribution in [0, 0.1) is 11.3 Å². The third-order valence-electron chi connectivity index (χ3n) is 8.55. The summed E-state index contributed by atoms with van der Waals surface area (Å²) in [4.78, 5) is 53.0. The van der Waals surface area contributed by atoms with E-state index < -0.39 is 42.1 Å². The molecule has 0 aromatic heterocycles. The molecular formula is C30H44N3O7P. The molecule has 1 aromatic carbocycles. The van der Waals surface area contributed by atoms with Crippen molar-refractivity contribution in [1.29, 1.82) is 0 Å². The smallest absolute Gasteiger partial charge is 0.408 e. The summed E-state index contributed by atoms with van der Waals surface area (Å²) < 4.78 is 24.6. The SMILES string of the molecule is C=C[C@@H]1C[C@]1(NC(=O)[C@@H]1CCCN1C(=O)[C@@H](NC(=O)OC1CCCC1)C(C)(C)C)P(=O)(O)Cc1cccc(OC)c1. The van der Waals surface area contributed by atoms with Crippen LogP contribution in [0.4, 0.5) is 4.79 Å². The van der Waals surface area contributed by atoms with Crippen molar-refractivity contribution in [3.8, 4) is 5.75 Å². The molecule has 4 rings (SSSR count). The zero-order valence-corrected chi connectivity index (χ0v) is 25.5. The van der Waals surface area contributed by atoms with Crippen molar-refractivity contribution in [2.75, 3.05) is 13.7 Å². The molecule has 0 spiro atoms. The summed E-state index contributed by atoms with van der Waals surface area (Å²) in [5, 5.41) is 4.31. The molecule has 11 heteroatoms. The summed E-state index contributed by atoms with van der Waals surface area (Å²) in [6, 6.07) is 5.24. The fourth-order valence-electron chi connectivity index (χ4n) is 6.07. The molecule has 0 radical (unpaired) electrons. The van der Waals surface area contributed by atoms with E-state index in [1.54, 1.807) is 30.3 Å². The number of likely N-dealkylation sites (tertiary alicyclic amines) is 1. The van der Waals surface area contributed by atoms with Gasteiger partial charge in [0.25, 0.3) is 0 Å². The number of nitrogens with zero attached hydrogens (tertiary/aromatic N) is 1. The Kier molecular flexibility index (Phi) is 9.24. The van der Waals surface area contributed by atoms with Crippen molar-refractivity contribution in [3.63, 3.8) is 0 Å². The van der Waals surface area contributed by atoms with Crippen LogP contribution >= 0.6 is 7.37 Å². The number of hydrogen-bond acceptors (Lipinski definition) is 6. The molecule has 3 amide bonds. The zero-order valence-electron chi connectivity index (χ0n) is 24.6. The van der Waals surface area contributed by atoms with Crippen molar-refractivity contribution in [1.82, 2.24) is 15.5 Å².